The van der Waals surface area contributed by atoms with E-state index in [1.165, 1.54) is 11.1 Å². The monoisotopic (exact) mass is 421 g/mol. The summed E-state index contributed by atoms with van der Waals surface area (Å²) in [5.41, 5.74) is 5.22. The molecule has 4 heterocycles. The van der Waals surface area contributed by atoms with Crippen LogP contribution in [0.5, 0.6) is 0 Å². The molecule has 0 aliphatic carbocycles. The Hall–Kier alpha value is -3.93. The first kappa shape index (κ1) is 18.8. The molecule has 0 unspecified atom stereocenters. The molecule has 32 heavy (non-hydrogen) atoms. The lowest BCUT2D eigenvalue weighted by atomic mass is 10.0. The van der Waals surface area contributed by atoms with Crippen LogP contribution >= 0.6 is 0 Å². The molecule has 0 spiro atoms. The zero-order valence-corrected chi connectivity index (χ0v) is 17.6. The van der Waals surface area contributed by atoms with Crippen LogP contribution in [0.15, 0.2) is 84.2 Å². The quantitative estimate of drug-likeness (QED) is 0.455. The fourth-order valence-electron chi connectivity index (χ4n) is 4.84. The third-order valence-electron chi connectivity index (χ3n) is 6.43. The number of aromatic nitrogens is 4. The molecule has 0 amide bonds. The number of anilines is 1. The lowest BCUT2D eigenvalue weighted by Crippen LogP contribution is -2.40. The molecule has 2 aromatic carbocycles. The highest BCUT2D eigenvalue weighted by atomic mass is 16.1. The number of hydrogen-bond acceptors (Lipinski definition) is 4. The van der Waals surface area contributed by atoms with Crippen LogP contribution in [-0.4, -0.2) is 32.6 Å². The van der Waals surface area contributed by atoms with E-state index in [1.807, 2.05) is 41.1 Å². The van der Waals surface area contributed by atoms with Crippen molar-refractivity contribution in [3.63, 3.8) is 0 Å². The van der Waals surface area contributed by atoms with Crippen molar-refractivity contribution < 1.29 is 0 Å². The minimum absolute atomic E-state index is 0.0427. The van der Waals surface area contributed by atoms with Gasteiger partial charge >= 0.3 is 0 Å². The fraction of sp³-hybridized carbons (Fsp3) is 0.192. The zero-order chi connectivity index (χ0) is 21.5. The fourth-order valence-corrected chi connectivity index (χ4v) is 4.84. The zero-order valence-electron chi connectivity index (χ0n) is 17.6. The lowest BCUT2D eigenvalue weighted by molar-refractivity contribution is 0.395. The second-order valence-electron chi connectivity index (χ2n) is 8.38. The number of rotatable bonds is 3. The summed E-state index contributed by atoms with van der Waals surface area (Å²) in [5.74, 6) is 0. The van der Waals surface area contributed by atoms with Crippen molar-refractivity contribution in [2.24, 2.45) is 0 Å². The summed E-state index contributed by atoms with van der Waals surface area (Å²) in [7, 11) is 0. The van der Waals surface area contributed by atoms with Crippen LogP contribution < -0.4 is 10.5 Å². The number of benzene rings is 2. The van der Waals surface area contributed by atoms with E-state index in [9.17, 15) is 4.79 Å². The number of pyridine rings is 1. The number of nitrogens with zero attached hydrogens (tertiary/aromatic N) is 4. The van der Waals surface area contributed by atoms with Crippen molar-refractivity contribution in [3.05, 3.63) is 89.7 Å². The molecule has 3 aromatic heterocycles. The highest BCUT2D eigenvalue weighted by Crippen LogP contribution is 2.34. The van der Waals surface area contributed by atoms with Crippen LogP contribution in [0.1, 0.15) is 18.9 Å². The molecular weight excluding hydrogens is 398 g/mol. The molecule has 1 saturated heterocycles. The number of para-hydroxylation sites is 1. The van der Waals surface area contributed by atoms with Gasteiger partial charge in [-0.15, -0.1) is 0 Å². The van der Waals surface area contributed by atoms with Crippen LogP contribution in [0.3, 0.4) is 0 Å². The summed E-state index contributed by atoms with van der Waals surface area (Å²) < 4.78 is 1.83. The summed E-state index contributed by atoms with van der Waals surface area (Å²) in [5, 5.41) is 1.87. The highest BCUT2D eigenvalue weighted by molar-refractivity contribution is 5.96. The molecule has 1 fully saturated rings. The smallest absolute Gasteiger partial charge is 0.261 e. The molecule has 5 aromatic rings. The van der Waals surface area contributed by atoms with Gasteiger partial charge in [-0.2, -0.15) is 0 Å². The van der Waals surface area contributed by atoms with E-state index in [0.717, 1.165) is 48.2 Å². The Balaban J connectivity index is 1.36. The standard InChI is InChI=1S/C26H23N5O/c32-26-20-8-1-2-9-22(20)28-17-31(26)19-7-5-13-30(16-19)25-11-3-10-23-21(25)14-24(29-23)18-6-4-12-27-15-18/h1-4,6,8-12,14-15,17,19,29H,5,7,13,16H2/t19-/m1/s1. The summed E-state index contributed by atoms with van der Waals surface area (Å²) >= 11 is 0. The maximum atomic E-state index is 13.1. The minimum atomic E-state index is 0.0427. The molecule has 0 saturated carbocycles. The second-order valence-corrected chi connectivity index (χ2v) is 8.38. The van der Waals surface area contributed by atoms with Crippen LogP contribution in [-0.2, 0) is 0 Å². The third-order valence-corrected chi connectivity index (χ3v) is 6.43. The number of fused-ring (bicyclic) bond motifs is 2. The molecule has 6 rings (SSSR count). The number of hydrogen-bond donors (Lipinski definition) is 1. The van der Waals surface area contributed by atoms with Gasteiger partial charge in [-0.1, -0.05) is 18.2 Å². The first-order valence-corrected chi connectivity index (χ1v) is 11.0. The van der Waals surface area contributed by atoms with Gasteiger partial charge in [0, 0.05) is 53.3 Å². The van der Waals surface area contributed by atoms with Crippen LogP contribution in [0, 0.1) is 0 Å². The van der Waals surface area contributed by atoms with E-state index in [1.54, 1.807) is 12.5 Å². The first-order chi connectivity index (χ1) is 15.8. The average molecular weight is 422 g/mol. The van der Waals surface area contributed by atoms with Crippen molar-refractivity contribution >= 4 is 27.5 Å². The van der Waals surface area contributed by atoms with Crippen LogP contribution in [0.25, 0.3) is 33.1 Å². The predicted octanol–water partition coefficient (Wildman–Crippen LogP) is 4.78. The number of piperidine rings is 1. The van der Waals surface area contributed by atoms with Gasteiger partial charge in [0.05, 0.1) is 23.3 Å². The number of H-pyrrole nitrogens is 1. The van der Waals surface area contributed by atoms with Crippen molar-refractivity contribution in [2.45, 2.75) is 18.9 Å². The van der Waals surface area contributed by atoms with Gasteiger partial charge < -0.3 is 9.88 Å². The Morgan fingerprint density at radius 2 is 1.94 bits per heavy atom. The van der Waals surface area contributed by atoms with Crippen LogP contribution in [0.4, 0.5) is 5.69 Å². The Morgan fingerprint density at radius 3 is 2.84 bits per heavy atom. The van der Waals surface area contributed by atoms with Gasteiger partial charge in [0.15, 0.2) is 0 Å². The molecule has 1 N–H and O–H groups in total. The van der Waals surface area contributed by atoms with E-state index in [0.29, 0.717) is 5.39 Å². The van der Waals surface area contributed by atoms with Gasteiger partial charge in [-0.25, -0.2) is 4.98 Å². The van der Waals surface area contributed by atoms with Crippen LogP contribution in [0.2, 0.25) is 0 Å². The topological polar surface area (TPSA) is 66.8 Å². The average Bonchev–Trinajstić information content (AvgIpc) is 3.30. The highest BCUT2D eigenvalue weighted by Gasteiger charge is 2.24. The Kier molecular flexibility index (Phi) is 4.49. The summed E-state index contributed by atoms with van der Waals surface area (Å²) in [6.07, 6.45) is 7.38. The van der Waals surface area contributed by atoms with E-state index in [2.05, 4.69) is 50.2 Å². The molecule has 0 bridgehead atoms. The molecule has 1 aliphatic heterocycles. The predicted molar refractivity (Wildman–Crippen MR) is 128 cm³/mol. The van der Waals surface area contributed by atoms with Gasteiger partial charge in [0.2, 0.25) is 0 Å². The van der Waals surface area contributed by atoms with Gasteiger partial charge in [0.25, 0.3) is 5.56 Å². The summed E-state index contributed by atoms with van der Waals surface area (Å²) in [4.78, 5) is 27.9. The largest absolute Gasteiger partial charge is 0.369 e. The number of nitrogens with one attached hydrogen (secondary N) is 1. The van der Waals surface area contributed by atoms with Crippen molar-refractivity contribution in [1.29, 1.82) is 0 Å². The molecule has 6 nitrogen and oxygen atoms in total. The third kappa shape index (κ3) is 3.15. The molecule has 6 heteroatoms. The van der Waals surface area contributed by atoms with Crippen molar-refractivity contribution in [3.8, 4) is 11.3 Å². The van der Waals surface area contributed by atoms with E-state index >= 15 is 0 Å². The second kappa shape index (κ2) is 7.64. The molecular formula is C26H23N5O. The normalized spacial score (nSPS) is 16.6. The van der Waals surface area contributed by atoms with Crippen molar-refractivity contribution in [1.82, 2.24) is 19.5 Å². The van der Waals surface area contributed by atoms with E-state index in [-0.39, 0.29) is 11.6 Å². The molecule has 158 valence electrons. The van der Waals surface area contributed by atoms with Gasteiger partial charge in [-0.05, 0) is 55.3 Å². The SMILES string of the molecule is O=c1c2ccccc2ncn1[C@@H]1CCCN(c2cccc3[nH]c(-c4cccnc4)cc23)C1. The van der Waals surface area contributed by atoms with E-state index < -0.39 is 0 Å². The molecule has 0 radical (unpaired) electrons. The Bertz CT molecular complexity index is 1470. The lowest BCUT2D eigenvalue weighted by Gasteiger charge is -2.35. The maximum absolute atomic E-state index is 13.1. The maximum Gasteiger partial charge on any atom is 0.261 e. The van der Waals surface area contributed by atoms with Gasteiger partial charge in [-0.3, -0.25) is 14.3 Å². The number of aromatic amines is 1. The molecule has 1 aliphatic rings. The minimum Gasteiger partial charge on any atom is -0.369 e. The van der Waals surface area contributed by atoms with Gasteiger partial charge in [0.1, 0.15) is 0 Å². The summed E-state index contributed by atoms with van der Waals surface area (Å²) in [6.45, 7) is 1.76. The first-order valence-electron chi connectivity index (χ1n) is 11.0. The van der Waals surface area contributed by atoms with E-state index in [4.69, 9.17) is 0 Å². The molecule has 1 atom stereocenters. The Morgan fingerprint density at radius 1 is 1.00 bits per heavy atom. The van der Waals surface area contributed by atoms with Crippen molar-refractivity contribution in [2.75, 3.05) is 18.0 Å². The summed E-state index contributed by atoms with van der Waals surface area (Å²) in [6, 6.07) is 20.3. The Labute approximate surface area is 185 Å².